The Balaban J connectivity index is 2.47. The number of carbonyl (C=O) groups is 1. The molecule has 5 nitrogen and oxygen atoms in total. The maximum Gasteiger partial charge on any atom is 0.326 e. The van der Waals surface area contributed by atoms with Crippen LogP contribution in [0, 0.1) is 0 Å². The summed E-state index contributed by atoms with van der Waals surface area (Å²) in [6.45, 7) is 3.94. The molecule has 0 aromatic carbocycles. The van der Waals surface area contributed by atoms with Crippen molar-refractivity contribution < 1.29 is 14.3 Å². The van der Waals surface area contributed by atoms with E-state index in [1.165, 1.54) is 0 Å². The van der Waals surface area contributed by atoms with Crippen LogP contribution < -0.4 is 5.32 Å². The van der Waals surface area contributed by atoms with Crippen molar-refractivity contribution in [1.82, 2.24) is 10.2 Å². The number of hydrogen-bond donors (Lipinski definition) is 1. The number of likely N-dealkylation sites (N-methyl/N-ethyl adjacent to an activating group) is 1. The molecule has 0 spiro atoms. The highest BCUT2D eigenvalue weighted by molar-refractivity contribution is 5.82. The molecule has 0 amide bonds. The minimum atomic E-state index is -0.521. The molecular formula is C12H24N2O3. The van der Waals surface area contributed by atoms with E-state index in [-0.39, 0.29) is 12.1 Å². The first-order valence-corrected chi connectivity index (χ1v) is 6.14. The molecule has 0 aromatic rings. The molecule has 100 valence electrons. The number of esters is 1. The van der Waals surface area contributed by atoms with E-state index in [0.717, 1.165) is 13.1 Å². The minimum Gasteiger partial charge on any atom is -0.465 e. The van der Waals surface area contributed by atoms with Gasteiger partial charge < -0.3 is 19.7 Å². The Morgan fingerprint density at radius 3 is 2.59 bits per heavy atom. The molecule has 5 heteroatoms. The van der Waals surface area contributed by atoms with E-state index in [1.54, 1.807) is 7.11 Å². The Labute approximate surface area is 103 Å². The molecule has 0 bridgehead atoms. The first-order chi connectivity index (χ1) is 8.04. The summed E-state index contributed by atoms with van der Waals surface area (Å²) < 4.78 is 10.4. The molecule has 0 unspecified atom stereocenters. The smallest absolute Gasteiger partial charge is 0.326 e. The third-order valence-corrected chi connectivity index (χ3v) is 3.17. The fraction of sp³-hybridized carbons (Fsp3) is 0.917. The van der Waals surface area contributed by atoms with E-state index in [2.05, 4.69) is 10.2 Å². The number of hydrogen-bond acceptors (Lipinski definition) is 5. The second-order valence-electron chi connectivity index (χ2n) is 4.80. The quantitative estimate of drug-likeness (QED) is 0.651. The molecule has 1 saturated carbocycles. The van der Waals surface area contributed by atoms with Gasteiger partial charge in [0, 0.05) is 33.0 Å². The van der Waals surface area contributed by atoms with Gasteiger partial charge in [0.05, 0.1) is 12.7 Å². The average molecular weight is 244 g/mol. The average Bonchev–Trinajstić information content (AvgIpc) is 2.21. The molecule has 0 aliphatic heterocycles. The van der Waals surface area contributed by atoms with E-state index < -0.39 is 5.54 Å². The number of rotatable bonds is 7. The highest BCUT2D eigenvalue weighted by Crippen LogP contribution is 2.35. The lowest BCUT2D eigenvalue weighted by molar-refractivity contribution is -0.162. The van der Waals surface area contributed by atoms with E-state index in [0.29, 0.717) is 19.4 Å². The lowest BCUT2D eigenvalue weighted by atomic mass is 9.74. The third kappa shape index (κ3) is 3.66. The predicted octanol–water partition coefficient (Wildman–Crippen LogP) is 0.248. The molecule has 1 aliphatic rings. The molecule has 1 N–H and O–H groups in total. The van der Waals surface area contributed by atoms with Crippen LogP contribution in [0.3, 0.4) is 0 Å². The van der Waals surface area contributed by atoms with Crippen molar-refractivity contribution in [2.45, 2.75) is 31.4 Å². The summed E-state index contributed by atoms with van der Waals surface area (Å²) in [5, 5.41) is 3.32. The Bertz CT molecular complexity index is 250. The Morgan fingerprint density at radius 1 is 1.47 bits per heavy atom. The summed E-state index contributed by atoms with van der Waals surface area (Å²) in [7, 11) is 5.70. The van der Waals surface area contributed by atoms with Crippen molar-refractivity contribution in [3.63, 3.8) is 0 Å². The van der Waals surface area contributed by atoms with Crippen LogP contribution >= 0.6 is 0 Å². The molecule has 0 radical (unpaired) electrons. The molecule has 0 atom stereocenters. The Hall–Kier alpha value is -0.650. The highest BCUT2D eigenvalue weighted by Gasteiger charge is 2.51. The lowest BCUT2D eigenvalue weighted by Gasteiger charge is -2.45. The Kier molecular flexibility index (Phi) is 5.36. The van der Waals surface area contributed by atoms with E-state index in [1.807, 2.05) is 21.0 Å². The highest BCUT2D eigenvalue weighted by atomic mass is 16.5. The number of nitrogens with zero attached hydrogens (tertiary/aromatic N) is 1. The summed E-state index contributed by atoms with van der Waals surface area (Å²) in [6.07, 6.45) is 1.58. The van der Waals surface area contributed by atoms with Gasteiger partial charge in [0.15, 0.2) is 0 Å². The maximum absolute atomic E-state index is 11.9. The first kappa shape index (κ1) is 14.4. The SMILES string of the molecule is CCOC(=O)C1(NCCN(C)C)CC(OC)C1. The van der Waals surface area contributed by atoms with Gasteiger partial charge in [-0.15, -0.1) is 0 Å². The van der Waals surface area contributed by atoms with Gasteiger partial charge in [0.2, 0.25) is 0 Å². The van der Waals surface area contributed by atoms with Gasteiger partial charge in [0.1, 0.15) is 5.54 Å². The monoisotopic (exact) mass is 244 g/mol. The molecule has 1 rings (SSSR count). The van der Waals surface area contributed by atoms with Crippen LogP contribution in [0.25, 0.3) is 0 Å². The molecule has 0 heterocycles. The van der Waals surface area contributed by atoms with Gasteiger partial charge in [-0.1, -0.05) is 0 Å². The number of methoxy groups -OCH3 is 1. The zero-order valence-electron chi connectivity index (χ0n) is 11.3. The van der Waals surface area contributed by atoms with Gasteiger partial charge in [0.25, 0.3) is 0 Å². The number of ether oxygens (including phenoxy) is 2. The van der Waals surface area contributed by atoms with Gasteiger partial charge in [-0.3, -0.25) is 4.79 Å². The fourth-order valence-corrected chi connectivity index (χ4v) is 2.06. The zero-order chi connectivity index (χ0) is 12.9. The van der Waals surface area contributed by atoms with Crippen molar-refractivity contribution in [3.05, 3.63) is 0 Å². The van der Waals surface area contributed by atoms with Crippen molar-refractivity contribution >= 4 is 5.97 Å². The van der Waals surface area contributed by atoms with Crippen molar-refractivity contribution in [3.8, 4) is 0 Å². The summed E-state index contributed by atoms with van der Waals surface area (Å²) in [5.41, 5.74) is -0.521. The molecule has 1 fully saturated rings. The summed E-state index contributed by atoms with van der Waals surface area (Å²) in [5.74, 6) is -0.146. The molecule has 0 aromatic heterocycles. The first-order valence-electron chi connectivity index (χ1n) is 6.14. The fourth-order valence-electron chi connectivity index (χ4n) is 2.06. The van der Waals surface area contributed by atoms with Crippen LogP contribution in [0.15, 0.2) is 0 Å². The predicted molar refractivity (Wildman–Crippen MR) is 66.0 cm³/mol. The lowest BCUT2D eigenvalue weighted by Crippen LogP contribution is -2.64. The minimum absolute atomic E-state index is 0.146. The second kappa shape index (κ2) is 6.33. The summed E-state index contributed by atoms with van der Waals surface area (Å²) in [4.78, 5) is 14.0. The zero-order valence-corrected chi connectivity index (χ0v) is 11.3. The van der Waals surface area contributed by atoms with E-state index in [9.17, 15) is 4.79 Å². The standard InChI is InChI=1S/C12H24N2O3/c1-5-17-11(15)12(8-10(9-12)16-4)13-6-7-14(2)3/h10,13H,5-9H2,1-4H3. The topological polar surface area (TPSA) is 50.8 Å². The van der Waals surface area contributed by atoms with Crippen molar-refractivity contribution in [1.29, 1.82) is 0 Å². The molecule has 0 saturated heterocycles. The Morgan fingerprint density at radius 2 is 2.12 bits per heavy atom. The van der Waals surface area contributed by atoms with E-state index >= 15 is 0 Å². The molecule has 17 heavy (non-hydrogen) atoms. The van der Waals surface area contributed by atoms with Crippen LogP contribution in [0.4, 0.5) is 0 Å². The molecule has 1 aliphatic carbocycles. The maximum atomic E-state index is 11.9. The van der Waals surface area contributed by atoms with Gasteiger partial charge in [-0.05, 0) is 21.0 Å². The van der Waals surface area contributed by atoms with Gasteiger partial charge in [-0.2, -0.15) is 0 Å². The van der Waals surface area contributed by atoms with Crippen LogP contribution in [0.5, 0.6) is 0 Å². The third-order valence-electron chi connectivity index (χ3n) is 3.17. The summed E-state index contributed by atoms with van der Waals surface area (Å²) in [6, 6.07) is 0. The van der Waals surface area contributed by atoms with Crippen LogP contribution in [-0.2, 0) is 14.3 Å². The van der Waals surface area contributed by atoms with Gasteiger partial charge in [-0.25, -0.2) is 0 Å². The van der Waals surface area contributed by atoms with Gasteiger partial charge >= 0.3 is 5.97 Å². The molecular weight excluding hydrogens is 220 g/mol. The van der Waals surface area contributed by atoms with Crippen LogP contribution in [0.1, 0.15) is 19.8 Å². The summed E-state index contributed by atoms with van der Waals surface area (Å²) >= 11 is 0. The van der Waals surface area contributed by atoms with Crippen molar-refractivity contribution in [2.75, 3.05) is 40.9 Å². The van der Waals surface area contributed by atoms with E-state index in [4.69, 9.17) is 9.47 Å². The second-order valence-corrected chi connectivity index (χ2v) is 4.80. The largest absolute Gasteiger partial charge is 0.465 e. The normalized spacial score (nSPS) is 27.9. The van der Waals surface area contributed by atoms with Crippen LogP contribution in [0.2, 0.25) is 0 Å². The number of nitrogens with one attached hydrogen (secondary N) is 1. The van der Waals surface area contributed by atoms with Crippen molar-refractivity contribution in [2.24, 2.45) is 0 Å². The van der Waals surface area contributed by atoms with Crippen LogP contribution in [-0.4, -0.2) is 63.4 Å². The number of carbonyl (C=O) groups excluding carboxylic acids is 1.